The molecule has 2 rings (SSSR count). The molecule has 3 heteroatoms. The van der Waals surface area contributed by atoms with E-state index in [1.54, 1.807) is 0 Å². The Morgan fingerprint density at radius 1 is 1.30 bits per heavy atom. The quantitative estimate of drug-likeness (QED) is 0.917. The van der Waals surface area contributed by atoms with Crippen molar-refractivity contribution in [3.05, 3.63) is 29.8 Å². The average molecular weight is 275 g/mol. The van der Waals surface area contributed by atoms with Gasteiger partial charge in [0.25, 0.3) is 0 Å². The molecule has 3 nitrogen and oxygen atoms in total. The van der Waals surface area contributed by atoms with E-state index in [1.807, 2.05) is 0 Å². The van der Waals surface area contributed by atoms with Crippen LogP contribution in [0.4, 0.5) is 5.69 Å². The standard InChI is InChI=1S/C17H29N3/c1-5-14-12-20(11-10-17(14)18)13(2)15-6-8-16(9-7-15)19(3)4/h6-9,13-14,17H,5,10-12,18H2,1-4H3. The van der Waals surface area contributed by atoms with Crippen LogP contribution < -0.4 is 10.6 Å². The number of rotatable bonds is 4. The first-order valence-electron chi connectivity index (χ1n) is 7.79. The Morgan fingerprint density at radius 3 is 2.50 bits per heavy atom. The van der Waals surface area contributed by atoms with Crippen molar-refractivity contribution in [1.29, 1.82) is 0 Å². The van der Waals surface area contributed by atoms with Crippen molar-refractivity contribution in [2.24, 2.45) is 11.7 Å². The largest absolute Gasteiger partial charge is 0.378 e. The van der Waals surface area contributed by atoms with Gasteiger partial charge in [0, 0.05) is 45.0 Å². The molecule has 0 bridgehead atoms. The van der Waals surface area contributed by atoms with Crippen molar-refractivity contribution in [3.63, 3.8) is 0 Å². The Labute approximate surface area is 123 Å². The molecule has 1 aromatic carbocycles. The molecule has 0 aromatic heterocycles. The van der Waals surface area contributed by atoms with Crippen molar-refractivity contribution < 1.29 is 0 Å². The summed E-state index contributed by atoms with van der Waals surface area (Å²) in [6.07, 6.45) is 2.31. The molecular formula is C17H29N3. The SMILES string of the molecule is CCC1CN(C(C)c2ccc(N(C)C)cc2)CCC1N. The third kappa shape index (κ3) is 3.33. The van der Waals surface area contributed by atoms with E-state index in [1.165, 1.54) is 17.7 Å². The zero-order valence-electron chi connectivity index (χ0n) is 13.3. The smallest absolute Gasteiger partial charge is 0.0361 e. The number of hydrogen-bond donors (Lipinski definition) is 1. The number of anilines is 1. The lowest BCUT2D eigenvalue weighted by atomic mass is 9.89. The van der Waals surface area contributed by atoms with Crippen molar-refractivity contribution in [2.75, 3.05) is 32.1 Å². The fourth-order valence-corrected chi connectivity index (χ4v) is 3.12. The van der Waals surface area contributed by atoms with Gasteiger partial charge in [0.05, 0.1) is 0 Å². The van der Waals surface area contributed by atoms with E-state index in [0.29, 0.717) is 18.0 Å². The summed E-state index contributed by atoms with van der Waals surface area (Å²) in [6, 6.07) is 9.80. The average Bonchev–Trinajstić information content (AvgIpc) is 2.47. The molecule has 3 unspecified atom stereocenters. The molecule has 1 saturated heterocycles. The third-order valence-electron chi connectivity index (χ3n) is 4.79. The third-order valence-corrected chi connectivity index (χ3v) is 4.79. The van der Waals surface area contributed by atoms with E-state index in [9.17, 15) is 0 Å². The van der Waals surface area contributed by atoms with Gasteiger partial charge < -0.3 is 10.6 Å². The van der Waals surface area contributed by atoms with Crippen molar-refractivity contribution in [1.82, 2.24) is 4.90 Å². The first kappa shape index (κ1) is 15.3. The van der Waals surface area contributed by atoms with Gasteiger partial charge in [0.2, 0.25) is 0 Å². The number of likely N-dealkylation sites (tertiary alicyclic amines) is 1. The highest BCUT2D eigenvalue weighted by molar-refractivity contribution is 5.46. The summed E-state index contributed by atoms with van der Waals surface area (Å²) in [7, 11) is 4.16. The van der Waals surface area contributed by atoms with E-state index in [-0.39, 0.29) is 0 Å². The summed E-state index contributed by atoms with van der Waals surface area (Å²) in [5.74, 6) is 0.646. The van der Waals surface area contributed by atoms with Crippen molar-refractivity contribution >= 4 is 5.69 Å². The van der Waals surface area contributed by atoms with Crippen LogP contribution in [0.2, 0.25) is 0 Å². The van der Waals surface area contributed by atoms with Crippen LogP contribution in [0, 0.1) is 5.92 Å². The van der Waals surface area contributed by atoms with Crippen LogP contribution >= 0.6 is 0 Å². The van der Waals surface area contributed by atoms with Gasteiger partial charge in [-0.25, -0.2) is 0 Å². The van der Waals surface area contributed by atoms with Gasteiger partial charge in [-0.05, 0) is 37.0 Å². The molecule has 1 aliphatic rings. The van der Waals surface area contributed by atoms with E-state index in [4.69, 9.17) is 5.73 Å². The van der Waals surface area contributed by atoms with E-state index >= 15 is 0 Å². The molecule has 0 spiro atoms. The Morgan fingerprint density at radius 2 is 1.95 bits per heavy atom. The van der Waals surface area contributed by atoms with Gasteiger partial charge >= 0.3 is 0 Å². The van der Waals surface area contributed by atoms with Crippen LogP contribution in [-0.4, -0.2) is 38.1 Å². The molecule has 1 heterocycles. The monoisotopic (exact) mass is 275 g/mol. The second kappa shape index (κ2) is 6.59. The topological polar surface area (TPSA) is 32.5 Å². The molecule has 1 aliphatic heterocycles. The lowest BCUT2D eigenvalue weighted by molar-refractivity contribution is 0.114. The summed E-state index contributed by atoms with van der Waals surface area (Å²) in [4.78, 5) is 4.73. The first-order valence-corrected chi connectivity index (χ1v) is 7.79. The van der Waals surface area contributed by atoms with E-state index in [2.05, 4.69) is 62.0 Å². The maximum atomic E-state index is 6.21. The molecule has 0 amide bonds. The lowest BCUT2D eigenvalue weighted by Crippen LogP contribution is -2.47. The number of piperidine rings is 1. The highest BCUT2D eigenvalue weighted by Gasteiger charge is 2.28. The first-order chi connectivity index (χ1) is 9.52. The summed E-state index contributed by atoms with van der Waals surface area (Å²) >= 11 is 0. The van der Waals surface area contributed by atoms with Crippen molar-refractivity contribution in [3.8, 4) is 0 Å². The fourth-order valence-electron chi connectivity index (χ4n) is 3.12. The molecule has 20 heavy (non-hydrogen) atoms. The highest BCUT2D eigenvalue weighted by atomic mass is 15.2. The normalized spacial score (nSPS) is 25.4. The molecule has 0 saturated carbocycles. The van der Waals surface area contributed by atoms with E-state index < -0.39 is 0 Å². The van der Waals surface area contributed by atoms with Crippen molar-refractivity contribution in [2.45, 2.75) is 38.8 Å². The number of nitrogens with zero attached hydrogens (tertiary/aromatic N) is 2. The van der Waals surface area contributed by atoms with Crippen LogP contribution in [0.1, 0.15) is 38.3 Å². The second-order valence-corrected chi connectivity index (χ2v) is 6.28. The van der Waals surface area contributed by atoms with Crippen LogP contribution in [0.25, 0.3) is 0 Å². The minimum absolute atomic E-state index is 0.388. The summed E-state index contributed by atoms with van der Waals surface area (Å²) < 4.78 is 0. The van der Waals surface area contributed by atoms with Gasteiger partial charge in [-0.3, -0.25) is 4.90 Å². The summed E-state index contributed by atoms with van der Waals surface area (Å²) in [6.45, 7) is 6.82. The lowest BCUT2D eigenvalue weighted by Gasteiger charge is -2.40. The zero-order valence-corrected chi connectivity index (χ0v) is 13.3. The number of benzene rings is 1. The van der Waals surface area contributed by atoms with E-state index in [0.717, 1.165) is 19.5 Å². The Hall–Kier alpha value is -1.06. The highest BCUT2D eigenvalue weighted by Crippen LogP contribution is 2.28. The minimum atomic E-state index is 0.388. The molecule has 3 atom stereocenters. The maximum absolute atomic E-state index is 6.21. The molecule has 1 aromatic rings. The molecule has 0 radical (unpaired) electrons. The van der Waals surface area contributed by atoms with Gasteiger partial charge in [-0.2, -0.15) is 0 Å². The van der Waals surface area contributed by atoms with Gasteiger partial charge in [-0.1, -0.05) is 25.5 Å². The Kier molecular flexibility index (Phi) is 5.06. The van der Waals surface area contributed by atoms with Crippen LogP contribution in [0.15, 0.2) is 24.3 Å². The molecule has 112 valence electrons. The molecule has 0 aliphatic carbocycles. The zero-order chi connectivity index (χ0) is 14.7. The van der Waals surface area contributed by atoms with Crippen LogP contribution in [-0.2, 0) is 0 Å². The van der Waals surface area contributed by atoms with Gasteiger partial charge in [0.1, 0.15) is 0 Å². The number of nitrogens with two attached hydrogens (primary N) is 1. The molecule has 2 N–H and O–H groups in total. The van der Waals surface area contributed by atoms with Gasteiger partial charge in [-0.15, -0.1) is 0 Å². The predicted molar refractivity (Wildman–Crippen MR) is 87.1 cm³/mol. The molecular weight excluding hydrogens is 246 g/mol. The second-order valence-electron chi connectivity index (χ2n) is 6.28. The number of hydrogen-bond acceptors (Lipinski definition) is 3. The fraction of sp³-hybridized carbons (Fsp3) is 0.647. The van der Waals surface area contributed by atoms with Crippen LogP contribution in [0.3, 0.4) is 0 Å². The van der Waals surface area contributed by atoms with Gasteiger partial charge in [0.15, 0.2) is 0 Å². The Balaban J connectivity index is 2.05. The summed E-state index contributed by atoms with van der Waals surface area (Å²) in [5, 5.41) is 0. The van der Waals surface area contributed by atoms with Crippen LogP contribution in [0.5, 0.6) is 0 Å². The summed E-state index contributed by atoms with van der Waals surface area (Å²) in [5.41, 5.74) is 8.87. The Bertz CT molecular complexity index is 413. The molecule has 1 fully saturated rings. The predicted octanol–water partition coefficient (Wildman–Crippen LogP) is 2.87. The minimum Gasteiger partial charge on any atom is -0.378 e. The maximum Gasteiger partial charge on any atom is 0.0361 e.